The van der Waals surface area contributed by atoms with Crippen molar-refractivity contribution in [3.8, 4) is 5.75 Å². The third kappa shape index (κ3) is 8.81. The summed E-state index contributed by atoms with van der Waals surface area (Å²) < 4.78 is 69.7. The van der Waals surface area contributed by atoms with Gasteiger partial charge in [0.1, 0.15) is 17.8 Å². The van der Waals surface area contributed by atoms with Gasteiger partial charge in [-0.3, -0.25) is 14.4 Å². The van der Waals surface area contributed by atoms with Crippen molar-refractivity contribution in [2.75, 3.05) is 18.5 Å². The van der Waals surface area contributed by atoms with E-state index >= 15 is 0 Å². The number of ether oxygens (including phenoxy) is 1. The minimum absolute atomic E-state index is 0.0185. The van der Waals surface area contributed by atoms with Crippen LogP contribution in [0.2, 0.25) is 5.02 Å². The fourth-order valence-electron chi connectivity index (χ4n) is 3.04. The molecular weight excluding hydrogens is 549 g/mol. The Labute approximate surface area is 227 Å². The molecule has 7 nitrogen and oxygen atoms in total. The average molecular weight is 578 g/mol. The first-order chi connectivity index (χ1) is 18.0. The monoisotopic (exact) mass is 577 g/mol. The maximum absolute atomic E-state index is 13.1. The second-order valence-electron chi connectivity index (χ2n) is 9.59. The Bertz CT molecular complexity index is 1200. The summed E-state index contributed by atoms with van der Waals surface area (Å²) in [5.41, 5.74) is -2.32. The van der Waals surface area contributed by atoms with E-state index in [0.717, 1.165) is 13.8 Å². The largest absolute Gasteiger partial charge is 0.487 e. The highest BCUT2D eigenvalue weighted by atomic mass is 35.5. The van der Waals surface area contributed by atoms with Gasteiger partial charge in [0, 0.05) is 18.8 Å². The summed E-state index contributed by atoms with van der Waals surface area (Å²) in [7, 11) is 0. The zero-order valence-corrected chi connectivity index (χ0v) is 22.4. The first-order valence-electron chi connectivity index (χ1n) is 11.8. The Hall–Kier alpha value is -3.41. The van der Waals surface area contributed by atoms with Gasteiger partial charge in [0.15, 0.2) is 0 Å². The number of carbonyl (C=O) groups is 3. The minimum atomic E-state index is -4.76. The molecule has 0 aliphatic rings. The molecular formula is C26H29ClF5N3O4. The summed E-state index contributed by atoms with van der Waals surface area (Å²) in [4.78, 5) is 37.7. The lowest BCUT2D eigenvalue weighted by molar-refractivity contribution is -0.211. The third-order valence-corrected chi connectivity index (χ3v) is 5.85. The van der Waals surface area contributed by atoms with E-state index in [1.165, 1.54) is 36.4 Å². The molecule has 0 atom stereocenters. The molecule has 2 rings (SSSR count). The molecule has 0 fully saturated rings. The highest BCUT2D eigenvalue weighted by Gasteiger charge is 2.52. The van der Waals surface area contributed by atoms with Crippen LogP contribution in [-0.2, 0) is 11.3 Å². The zero-order chi connectivity index (χ0) is 29.5. The maximum atomic E-state index is 13.1. The smallest absolute Gasteiger partial charge is 0.402 e. The predicted molar refractivity (Wildman–Crippen MR) is 136 cm³/mol. The van der Waals surface area contributed by atoms with E-state index in [1.807, 2.05) is 13.8 Å². The van der Waals surface area contributed by atoms with Crippen molar-refractivity contribution in [1.29, 1.82) is 0 Å². The number of amides is 3. The molecule has 2 aromatic rings. The zero-order valence-electron chi connectivity index (χ0n) is 21.6. The SMILES string of the molecule is CC(C)CNC(=O)c1cc(NC(=O)c2cc(CNC(=O)C(C)(C)C(F)(F)F)ccc2Cl)ccc1OCC(F)F. The van der Waals surface area contributed by atoms with Crippen molar-refractivity contribution in [2.45, 2.75) is 46.8 Å². The summed E-state index contributed by atoms with van der Waals surface area (Å²) in [6.45, 7) is 4.32. The van der Waals surface area contributed by atoms with Crippen LogP contribution in [0.25, 0.3) is 0 Å². The Balaban J connectivity index is 2.24. The summed E-state index contributed by atoms with van der Waals surface area (Å²) >= 11 is 6.15. The number of hydrogen-bond donors (Lipinski definition) is 3. The van der Waals surface area contributed by atoms with Crippen molar-refractivity contribution in [3.63, 3.8) is 0 Å². The van der Waals surface area contributed by atoms with Gasteiger partial charge in [-0.05, 0) is 55.7 Å². The second-order valence-corrected chi connectivity index (χ2v) is 10.00. The van der Waals surface area contributed by atoms with E-state index in [4.69, 9.17) is 16.3 Å². The first-order valence-corrected chi connectivity index (χ1v) is 12.2. The molecule has 0 aliphatic carbocycles. The standard InChI is InChI=1S/C26H29ClF5N3O4/c1-14(2)11-33-22(36)18-10-16(6-8-20(18)39-13-21(28)29)35-23(37)17-9-15(5-7-19(17)27)12-34-24(38)25(3,4)26(30,31)32/h5-10,14,21H,11-13H2,1-4H3,(H,33,36)(H,34,38)(H,35,37). The molecule has 0 unspecified atom stereocenters. The van der Waals surface area contributed by atoms with E-state index in [1.54, 1.807) is 0 Å². The highest BCUT2D eigenvalue weighted by molar-refractivity contribution is 6.34. The molecule has 0 saturated carbocycles. The molecule has 3 amide bonds. The molecule has 0 aromatic heterocycles. The van der Waals surface area contributed by atoms with Crippen LogP contribution in [0.3, 0.4) is 0 Å². The van der Waals surface area contributed by atoms with E-state index in [-0.39, 0.29) is 40.0 Å². The molecule has 39 heavy (non-hydrogen) atoms. The van der Waals surface area contributed by atoms with Gasteiger partial charge in [0.25, 0.3) is 18.2 Å². The van der Waals surface area contributed by atoms with Crippen LogP contribution in [0.5, 0.6) is 5.75 Å². The Morgan fingerprint density at radius 3 is 2.21 bits per heavy atom. The molecule has 13 heteroatoms. The molecule has 0 saturated heterocycles. The minimum Gasteiger partial charge on any atom is -0.487 e. The lowest BCUT2D eigenvalue weighted by Gasteiger charge is -2.26. The summed E-state index contributed by atoms with van der Waals surface area (Å²) in [6, 6.07) is 7.94. The molecule has 0 heterocycles. The molecule has 2 aromatic carbocycles. The fourth-order valence-corrected chi connectivity index (χ4v) is 3.25. The van der Waals surface area contributed by atoms with Gasteiger partial charge in [0.2, 0.25) is 5.91 Å². The highest BCUT2D eigenvalue weighted by Crippen LogP contribution is 2.37. The Morgan fingerprint density at radius 1 is 0.949 bits per heavy atom. The van der Waals surface area contributed by atoms with Crippen LogP contribution in [-0.4, -0.2) is 43.5 Å². The maximum Gasteiger partial charge on any atom is 0.402 e. The summed E-state index contributed by atoms with van der Waals surface area (Å²) in [6.07, 6.45) is -7.53. The van der Waals surface area contributed by atoms with Crippen molar-refractivity contribution in [2.24, 2.45) is 11.3 Å². The molecule has 0 aliphatic heterocycles. The number of anilines is 1. The Kier molecular flexibility index (Phi) is 10.7. The van der Waals surface area contributed by atoms with Crippen molar-refractivity contribution < 1.29 is 41.1 Å². The molecule has 0 spiro atoms. The first kappa shape index (κ1) is 31.8. The van der Waals surface area contributed by atoms with Gasteiger partial charge >= 0.3 is 6.18 Å². The summed E-state index contributed by atoms with van der Waals surface area (Å²) in [5.74, 6) is -2.55. The van der Waals surface area contributed by atoms with Crippen molar-refractivity contribution >= 4 is 35.0 Å². The number of nitrogens with one attached hydrogen (secondary N) is 3. The van der Waals surface area contributed by atoms with Crippen LogP contribution >= 0.6 is 11.6 Å². The molecule has 214 valence electrons. The number of carbonyl (C=O) groups excluding carboxylic acids is 3. The average Bonchev–Trinajstić information content (AvgIpc) is 2.84. The number of alkyl halides is 5. The molecule has 3 N–H and O–H groups in total. The normalized spacial score (nSPS) is 11.9. The van der Waals surface area contributed by atoms with Gasteiger partial charge in [-0.25, -0.2) is 8.78 Å². The van der Waals surface area contributed by atoms with Crippen LogP contribution in [0, 0.1) is 11.3 Å². The van der Waals surface area contributed by atoms with E-state index in [0.29, 0.717) is 12.1 Å². The number of hydrogen-bond acceptors (Lipinski definition) is 4. The summed E-state index contributed by atoms with van der Waals surface area (Å²) in [5, 5.41) is 7.42. The lowest BCUT2D eigenvalue weighted by Crippen LogP contribution is -2.46. The quantitative estimate of drug-likeness (QED) is 0.293. The van der Waals surface area contributed by atoms with Crippen LogP contribution in [0.15, 0.2) is 36.4 Å². The van der Waals surface area contributed by atoms with Crippen LogP contribution < -0.4 is 20.7 Å². The fraction of sp³-hybridized carbons (Fsp3) is 0.423. The number of rotatable bonds is 11. The topological polar surface area (TPSA) is 96.5 Å². The van der Waals surface area contributed by atoms with E-state index in [2.05, 4.69) is 16.0 Å². The third-order valence-electron chi connectivity index (χ3n) is 5.52. The lowest BCUT2D eigenvalue weighted by atomic mass is 9.91. The molecule has 0 radical (unpaired) electrons. The number of halogens is 6. The van der Waals surface area contributed by atoms with Gasteiger partial charge in [-0.2, -0.15) is 13.2 Å². The predicted octanol–water partition coefficient (Wildman–Crippen LogP) is 5.83. The van der Waals surface area contributed by atoms with Gasteiger partial charge in [-0.15, -0.1) is 0 Å². The van der Waals surface area contributed by atoms with E-state index < -0.39 is 42.3 Å². The van der Waals surface area contributed by atoms with E-state index in [9.17, 15) is 36.3 Å². The number of benzene rings is 2. The van der Waals surface area contributed by atoms with Gasteiger partial charge < -0.3 is 20.7 Å². The van der Waals surface area contributed by atoms with Crippen LogP contribution in [0.4, 0.5) is 27.6 Å². The molecule has 0 bridgehead atoms. The second kappa shape index (κ2) is 13.1. The van der Waals surface area contributed by atoms with Crippen LogP contribution in [0.1, 0.15) is 54.0 Å². The van der Waals surface area contributed by atoms with Gasteiger partial charge in [0.05, 0.1) is 16.1 Å². The van der Waals surface area contributed by atoms with Crippen molar-refractivity contribution in [3.05, 3.63) is 58.1 Å². The Morgan fingerprint density at radius 2 is 1.62 bits per heavy atom. The van der Waals surface area contributed by atoms with Crippen molar-refractivity contribution in [1.82, 2.24) is 10.6 Å². The van der Waals surface area contributed by atoms with Gasteiger partial charge in [-0.1, -0.05) is 31.5 Å².